The molecule has 16 heavy (non-hydrogen) atoms. The van der Waals surface area contributed by atoms with Crippen LogP contribution in [0.5, 0.6) is 0 Å². The van der Waals surface area contributed by atoms with E-state index in [1.165, 1.54) is 0 Å². The van der Waals surface area contributed by atoms with Crippen LogP contribution in [-0.4, -0.2) is 35.7 Å². The van der Waals surface area contributed by atoms with Gasteiger partial charge in [-0.25, -0.2) is 5.43 Å². The fourth-order valence-corrected chi connectivity index (χ4v) is 2.51. The predicted molar refractivity (Wildman–Crippen MR) is 59.0 cm³/mol. The van der Waals surface area contributed by atoms with Crippen molar-refractivity contribution in [3.63, 3.8) is 0 Å². The molecule has 3 atom stereocenters. The molecular formula is C10H13N5O. The summed E-state index contributed by atoms with van der Waals surface area (Å²) in [6.07, 6.45) is 7.54. The topological polar surface area (TPSA) is 82.8 Å². The van der Waals surface area contributed by atoms with Crippen molar-refractivity contribution in [1.82, 2.24) is 15.8 Å². The Hall–Kier alpha value is -1.66. The highest BCUT2D eigenvalue weighted by Crippen LogP contribution is 2.31. The zero-order valence-corrected chi connectivity index (χ0v) is 8.63. The standard InChI is InChI=1S/C10H13N5O/c11-10(16)8-9-6(4-13-14-8)3-7-5-12-1-2-15(7)9/h1-3,5-6,8-9,13-14H,4H2,(H2,11,16). The van der Waals surface area contributed by atoms with Crippen molar-refractivity contribution in [2.24, 2.45) is 16.6 Å². The number of aliphatic imine (C=N–C) groups is 1. The second-order valence-corrected chi connectivity index (χ2v) is 4.13. The van der Waals surface area contributed by atoms with E-state index in [4.69, 9.17) is 5.73 Å². The Bertz CT molecular complexity index is 413. The van der Waals surface area contributed by atoms with E-state index in [9.17, 15) is 4.79 Å². The molecule has 3 unspecified atom stereocenters. The van der Waals surface area contributed by atoms with Crippen LogP contribution in [0.1, 0.15) is 0 Å². The van der Waals surface area contributed by atoms with Gasteiger partial charge in [-0.2, -0.15) is 0 Å². The minimum atomic E-state index is -0.386. The summed E-state index contributed by atoms with van der Waals surface area (Å²) in [6, 6.07) is -0.333. The average Bonchev–Trinajstić information content (AvgIpc) is 2.66. The second-order valence-electron chi connectivity index (χ2n) is 4.13. The third kappa shape index (κ3) is 1.27. The summed E-state index contributed by atoms with van der Waals surface area (Å²) in [5.74, 6) is -0.0595. The van der Waals surface area contributed by atoms with E-state index < -0.39 is 0 Å². The van der Waals surface area contributed by atoms with Crippen LogP contribution in [0, 0.1) is 5.92 Å². The first kappa shape index (κ1) is 9.56. The quantitative estimate of drug-likeness (QED) is 0.511. The highest BCUT2D eigenvalue weighted by Gasteiger charge is 2.43. The number of hydrogen-bond acceptors (Lipinski definition) is 5. The Morgan fingerprint density at radius 2 is 2.50 bits per heavy atom. The van der Waals surface area contributed by atoms with Crippen molar-refractivity contribution in [2.45, 2.75) is 12.1 Å². The first-order valence-electron chi connectivity index (χ1n) is 5.25. The zero-order valence-electron chi connectivity index (χ0n) is 8.63. The van der Waals surface area contributed by atoms with Gasteiger partial charge < -0.3 is 10.6 Å². The lowest BCUT2D eigenvalue weighted by Gasteiger charge is -2.38. The summed E-state index contributed by atoms with van der Waals surface area (Å²) < 4.78 is 0. The summed E-state index contributed by atoms with van der Waals surface area (Å²) >= 11 is 0. The number of hydrazine groups is 1. The van der Waals surface area contributed by atoms with Crippen molar-refractivity contribution in [2.75, 3.05) is 6.54 Å². The lowest BCUT2D eigenvalue weighted by molar-refractivity contribution is -0.122. The summed E-state index contributed by atoms with van der Waals surface area (Å²) in [7, 11) is 0. The average molecular weight is 219 g/mol. The van der Waals surface area contributed by atoms with Gasteiger partial charge in [0.25, 0.3) is 0 Å². The van der Waals surface area contributed by atoms with Gasteiger partial charge in [0, 0.05) is 24.9 Å². The second kappa shape index (κ2) is 3.43. The van der Waals surface area contributed by atoms with Crippen LogP contribution in [0.15, 0.2) is 29.2 Å². The summed E-state index contributed by atoms with van der Waals surface area (Å²) in [5, 5.41) is 0. The summed E-state index contributed by atoms with van der Waals surface area (Å²) in [5.41, 5.74) is 12.4. The van der Waals surface area contributed by atoms with E-state index in [0.717, 1.165) is 12.2 Å². The number of carbonyl (C=O) groups excluding carboxylic acids is 1. The van der Waals surface area contributed by atoms with E-state index in [-0.39, 0.29) is 23.9 Å². The van der Waals surface area contributed by atoms with Gasteiger partial charge in [-0.05, 0) is 0 Å². The largest absolute Gasteiger partial charge is 0.368 e. The zero-order chi connectivity index (χ0) is 11.1. The van der Waals surface area contributed by atoms with Gasteiger partial charge in [-0.3, -0.25) is 15.2 Å². The molecule has 0 spiro atoms. The number of nitrogens with zero attached hydrogens (tertiary/aromatic N) is 2. The van der Waals surface area contributed by atoms with E-state index >= 15 is 0 Å². The van der Waals surface area contributed by atoms with Crippen molar-refractivity contribution < 1.29 is 4.79 Å². The van der Waals surface area contributed by atoms with Crippen LogP contribution in [0.25, 0.3) is 0 Å². The van der Waals surface area contributed by atoms with Gasteiger partial charge in [0.1, 0.15) is 6.04 Å². The molecule has 4 N–H and O–H groups in total. The van der Waals surface area contributed by atoms with Gasteiger partial charge >= 0.3 is 0 Å². The summed E-state index contributed by atoms with van der Waals surface area (Å²) in [4.78, 5) is 17.5. The van der Waals surface area contributed by atoms with Crippen LogP contribution in [0.4, 0.5) is 0 Å². The van der Waals surface area contributed by atoms with Gasteiger partial charge in [0.05, 0.1) is 18.0 Å². The maximum Gasteiger partial charge on any atom is 0.238 e. The molecule has 0 radical (unpaired) electrons. The molecule has 6 nitrogen and oxygen atoms in total. The van der Waals surface area contributed by atoms with Crippen molar-refractivity contribution in [3.8, 4) is 0 Å². The van der Waals surface area contributed by atoms with Crippen molar-refractivity contribution >= 4 is 12.1 Å². The Labute approximate surface area is 92.9 Å². The number of carbonyl (C=O) groups is 1. The molecule has 0 saturated carbocycles. The lowest BCUT2D eigenvalue weighted by atomic mass is 9.93. The van der Waals surface area contributed by atoms with E-state index in [0.29, 0.717) is 0 Å². The van der Waals surface area contributed by atoms with E-state index in [2.05, 4.69) is 26.8 Å². The third-order valence-electron chi connectivity index (χ3n) is 3.21. The van der Waals surface area contributed by atoms with Crippen LogP contribution in [0.2, 0.25) is 0 Å². The first-order valence-corrected chi connectivity index (χ1v) is 5.25. The van der Waals surface area contributed by atoms with Crippen molar-refractivity contribution in [3.05, 3.63) is 24.2 Å². The number of primary amides is 1. The van der Waals surface area contributed by atoms with Crippen LogP contribution in [-0.2, 0) is 4.79 Å². The minimum absolute atomic E-state index is 0.0525. The van der Waals surface area contributed by atoms with Crippen LogP contribution in [0.3, 0.4) is 0 Å². The molecule has 3 heterocycles. The number of amides is 1. The van der Waals surface area contributed by atoms with Crippen molar-refractivity contribution in [1.29, 1.82) is 0 Å². The smallest absolute Gasteiger partial charge is 0.238 e. The molecule has 6 heteroatoms. The maximum absolute atomic E-state index is 11.4. The number of hydrogen-bond donors (Lipinski definition) is 3. The van der Waals surface area contributed by atoms with Crippen LogP contribution < -0.4 is 16.6 Å². The molecule has 3 rings (SSSR count). The van der Waals surface area contributed by atoms with Gasteiger partial charge in [0.2, 0.25) is 5.91 Å². The van der Waals surface area contributed by atoms with Gasteiger partial charge in [-0.15, -0.1) is 0 Å². The van der Waals surface area contributed by atoms with E-state index in [1.54, 1.807) is 12.4 Å². The number of nitrogens with one attached hydrogen (secondary N) is 2. The highest BCUT2D eigenvalue weighted by molar-refractivity contribution is 5.84. The maximum atomic E-state index is 11.4. The Morgan fingerprint density at radius 3 is 3.31 bits per heavy atom. The number of nitrogens with two attached hydrogens (primary N) is 1. The fourth-order valence-electron chi connectivity index (χ4n) is 2.51. The number of fused-ring (bicyclic) bond motifs is 3. The minimum Gasteiger partial charge on any atom is -0.368 e. The molecule has 1 saturated heterocycles. The normalized spacial score (nSPS) is 35.6. The molecule has 3 aliphatic heterocycles. The lowest BCUT2D eigenvalue weighted by Crippen LogP contribution is -2.64. The Kier molecular flexibility index (Phi) is 2.05. The van der Waals surface area contributed by atoms with Crippen LogP contribution >= 0.6 is 0 Å². The Balaban J connectivity index is 1.94. The Morgan fingerprint density at radius 1 is 1.62 bits per heavy atom. The summed E-state index contributed by atoms with van der Waals surface area (Å²) in [6.45, 7) is 0.788. The monoisotopic (exact) mass is 219 g/mol. The fraction of sp³-hybridized carbons (Fsp3) is 0.400. The molecule has 1 fully saturated rings. The molecule has 0 aromatic carbocycles. The SMILES string of the molecule is NC(=O)C1NNCC2C=C3C=NC=CN3C21. The molecule has 0 aliphatic carbocycles. The molecule has 1 amide bonds. The van der Waals surface area contributed by atoms with Gasteiger partial charge in [0.15, 0.2) is 0 Å². The molecule has 0 bridgehead atoms. The van der Waals surface area contributed by atoms with E-state index in [1.807, 2.05) is 6.20 Å². The molecule has 3 aliphatic rings. The number of rotatable bonds is 1. The molecule has 0 aromatic heterocycles. The molecular weight excluding hydrogens is 206 g/mol. The molecule has 0 aromatic rings. The predicted octanol–water partition coefficient (Wildman–Crippen LogP) is -1.31. The molecule has 84 valence electrons. The number of allylic oxidation sites excluding steroid dienone is 1. The first-order chi connectivity index (χ1) is 7.77. The van der Waals surface area contributed by atoms with Gasteiger partial charge in [-0.1, -0.05) is 6.08 Å². The highest BCUT2D eigenvalue weighted by atomic mass is 16.1. The third-order valence-corrected chi connectivity index (χ3v) is 3.21.